The van der Waals surface area contributed by atoms with Crippen molar-refractivity contribution in [3.05, 3.63) is 96.1 Å². The first-order valence-corrected chi connectivity index (χ1v) is 10.8. The summed E-state index contributed by atoms with van der Waals surface area (Å²) in [6.45, 7) is 0. The molecular weight excluding hydrogens is 424 g/mol. The number of aromatic nitrogens is 2. The standard InChI is InChI=1S/C28H22N4O2/c1-33-23-13-19(17-29-21-9-5-3-6-10-21)27-25(15-23)26-16-24(34-2)14-20(28(26)32-31-27)18-30-22-11-7-4-8-12-22/h3-18H,1-2H3. The molecule has 6 heteroatoms. The molecule has 0 N–H and O–H groups in total. The largest absolute Gasteiger partial charge is 0.497 e. The van der Waals surface area contributed by atoms with E-state index in [9.17, 15) is 0 Å². The summed E-state index contributed by atoms with van der Waals surface area (Å²) in [5.74, 6) is 1.41. The average Bonchev–Trinajstić information content (AvgIpc) is 2.91. The van der Waals surface area contributed by atoms with Crippen LogP contribution >= 0.6 is 0 Å². The monoisotopic (exact) mass is 446 g/mol. The number of para-hydroxylation sites is 2. The lowest BCUT2D eigenvalue weighted by Gasteiger charge is -2.11. The van der Waals surface area contributed by atoms with Gasteiger partial charge in [-0.25, -0.2) is 0 Å². The van der Waals surface area contributed by atoms with Crippen LogP contribution in [0.4, 0.5) is 11.4 Å². The smallest absolute Gasteiger partial charge is 0.120 e. The van der Waals surface area contributed by atoms with Crippen molar-refractivity contribution in [1.29, 1.82) is 0 Å². The summed E-state index contributed by atoms with van der Waals surface area (Å²) >= 11 is 0. The van der Waals surface area contributed by atoms with Gasteiger partial charge in [-0.05, 0) is 48.5 Å². The SMILES string of the molecule is COc1cc(C=Nc2ccccc2)c2nnc3c(C=Nc4ccccc4)cc(OC)cc3c2c1. The highest BCUT2D eigenvalue weighted by atomic mass is 16.5. The molecule has 0 amide bonds. The summed E-state index contributed by atoms with van der Waals surface area (Å²) in [7, 11) is 3.29. The maximum Gasteiger partial charge on any atom is 0.120 e. The van der Waals surface area contributed by atoms with Gasteiger partial charge in [0.1, 0.15) is 22.5 Å². The van der Waals surface area contributed by atoms with Crippen LogP contribution in [0.2, 0.25) is 0 Å². The predicted octanol–water partition coefficient (Wildman–Crippen LogP) is 6.30. The Bertz CT molecular complexity index is 1400. The van der Waals surface area contributed by atoms with Gasteiger partial charge in [-0.15, -0.1) is 10.2 Å². The molecule has 0 unspecified atom stereocenters. The van der Waals surface area contributed by atoms with Crippen LogP contribution in [0.3, 0.4) is 0 Å². The van der Waals surface area contributed by atoms with Gasteiger partial charge in [0.15, 0.2) is 0 Å². The lowest BCUT2D eigenvalue weighted by molar-refractivity contribution is 0.415. The third-order valence-electron chi connectivity index (χ3n) is 5.46. The highest BCUT2D eigenvalue weighted by molar-refractivity contribution is 6.13. The molecule has 4 aromatic carbocycles. The Labute approximate surface area is 197 Å². The molecule has 0 atom stereocenters. The Balaban J connectivity index is 1.70. The van der Waals surface area contributed by atoms with Crippen LogP contribution in [-0.2, 0) is 0 Å². The zero-order chi connectivity index (χ0) is 23.3. The van der Waals surface area contributed by atoms with E-state index in [2.05, 4.69) is 20.2 Å². The predicted molar refractivity (Wildman–Crippen MR) is 138 cm³/mol. The van der Waals surface area contributed by atoms with E-state index in [0.29, 0.717) is 11.5 Å². The normalized spacial score (nSPS) is 11.6. The average molecular weight is 447 g/mol. The van der Waals surface area contributed by atoms with Crippen molar-refractivity contribution >= 4 is 45.6 Å². The second-order valence-corrected chi connectivity index (χ2v) is 7.61. The van der Waals surface area contributed by atoms with E-state index in [4.69, 9.17) is 9.47 Å². The van der Waals surface area contributed by atoms with Crippen LogP contribution in [0.15, 0.2) is 94.9 Å². The molecule has 0 bridgehead atoms. The van der Waals surface area contributed by atoms with E-state index < -0.39 is 0 Å². The first-order valence-electron chi connectivity index (χ1n) is 10.8. The number of methoxy groups -OCH3 is 2. The van der Waals surface area contributed by atoms with Crippen LogP contribution in [0, 0.1) is 0 Å². The Kier molecular flexibility index (Phi) is 5.95. The van der Waals surface area contributed by atoms with Crippen molar-refractivity contribution in [2.45, 2.75) is 0 Å². The molecule has 5 aromatic rings. The van der Waals surface area contributed by atoms with E-state index >= 15 is 0 Å². The second kappa shape index (κ2) is 9.50. The van der Waals surface area contributed by atoms with Gasteiger partial charge in [-0.2, -0.15) is 0 Å². The maximum atomic E-state index is 5.59. The van der Waals surface area contributed by atoms with Gasteiger partial charge < -0.3 is 9.47 Å². The van der Waals surface area contributed by atoms with Gasteiger partial charge in [0.05, 0.1) is 25.6 Å². The van der Waals surface area contributed by atoms with Crippen LogP contribution in [0.5, 0.6) is 11.5 Å². The molecule has 0 spiro atoms. The minimum absolute atomic E-state index is 0.707. The fourth-order valence-electron chi connectivity index (χ4n) is 3.74. The first-order chi connectivity index (χ1) is 16.7. The van der Waals surface area contributed by atoms with Crippen molar-refractivity contribution in [3.8, 4) is 11.5 Å². The first kappa shape index (κ1) is 21.3. The Morgan fingerprint density at radius 2 is 1.00 bits per heavy atom. The van der Waals surface area contributed by atoms with Crippen LogP contribution in [0.1, 0.15) is 11.1 Å². The van der Waals surface area contributed by atoms with E-state index in [-0.39, 0.29) is 0 Å². The van der Waals surface area contributed by atoms with Gasteiger partial charge in [0.2, 0.25) is 0 Å². The zero-order valence-corrected chi connectivity index (χ0v) is 18.8. The molecule has 0 saturated heterocycles. The van der Waals surface area contributed by atoms with E-state index in [0.717, 1.165) is 44.3 Å². The van der Waals surface area contributed by atoms with Gasteiger partial charge in [0.25, 0.3) is 0 Å². The second-order valence-electron chi connectivity index (χ2n) is 7.61. The molecule has 6 nitrogen and oxygen atoms in total. The molecule has 166 valence electrons. The Morgan fingerprint density at radius 1 is 0.588 bits per heavy atom. The summed E-state index contributed by atoms with van der Waals surface area (Å²) in [6.07, 6.45) is 3.58. The molecule has 34 heavy (non-hydrogen) atoms. The lowest BCUT2D eigenvalue weighted by Crippen LogP contribution is -1.98. The molecular formula is C28H22N4O2. The molecule has 1 heterocycles. The summed E-state index contributed by atoms with van der Waals surface area (Å²) < 4.78 is 11.2. The summed E-state index contributed by atoms with van der Waals surface area (Å²) in [4.78, 5) is 9.20. The molecule has 0 radical (unpaired) electrons. The molecule has 0 saturated carbocycles. The Morgan fingerprint density at radius 3 is 1.38 bits per heavy atom. The summed E-state index contributed by atoms with van der Waals surface area (Å²) in [5.41, 5.74) is 4.80. The van der Waals surface area contributed by atoms with Crippen molar-refractivity contribution < 1.29 is 9.47 Å². The highest BCUT2D eigenvalue weighted by Crippen LogP contribution is 2.32. The van der Waals surface area contributed by atoms with E-state index in [1.54, 1.807) is 26.6 Å². The van der Waals surface area contributed by atoms with Gasteiger partial charge in [-0.1, -0.05) is 36.4 Å². The van der Waals surface area contributed by atoms with Gasteiger partial charge >= 0.3 is 0 Å². The van der Waals surface area contributed by atoms with Gasteiger partial charge in [-0.3, -0.25) is 9.98 Å². The number of benzene rings is 4. The summed E-state index contributed by atoms with van der Waals surface area (Å²) in [5, 5.41) is 10.9. The van der Waals surface area contributed by atoms with Crippen LogP contribution < -0.4 is 9.47 Å². The highest BCUT2D eigenvalue weighted by Gasteiger charge is 2.13. The number of rotatable bonds is 6. The number of nitrogens with zero attached hydrogens (tertiary/aromatic N) is 4. The van der Waals surface area contributed by atoms with Gasteiger partial charge in [0, 0.05) is 34.3 Å². The minimum atomic E-state index is 0.707. The van der Waals surface area contributed by atoms with Crippen LogP contribution in [0.25, 0.3) is 21.8 Å². The van der Waals surface area contributed by atoms with Crippen molar-refractivity contribution in [1.82, 2.24) is 10.2 Å². The van der Waals surface area contributed by atoms with Crippen molar-refractivity contribution in [2.24, 2.45) is 9.98 Å². The summed E-state index contributed by atoms with van der Waals surface area (Å²) in [6, 6.07) is 27.3. The van der Waals surface area contributed by atoms with Crippen molar-refractivity contribution in [2.75, 3.05) is 14.2 Å². The fraction of sp³-hybridized carbons (Fsp3) is 0.0714. The fourth-order valence-corrected chi connectivity index (χ4v) is 3.74. The number of ether oxygens (including phenoxy) is 2. The minimum Gasteiger partial charge on any atom is -0.497 e. The number of aliphatic imine (C=N–C) groups is 2. The number of hydrogen-bond acceptors (Lipinski definition) is 6. The van der Waals surface area contributed by atoms with Crippen molar-refractivity contribution in [3.63, 3.8) is 0 Å². The zero-order valence-electron chi connectivity index (χ0n) is 18.8. The number of fused-ring (bicyclic) bond motifs is 3. The third-order valence-corrected chi connectivity index (χ3v) is 5.46. The topological polar surface area (TPSA) is 69.0 Å². The third kappa shape index (κ3) is 4.34. The van der Waals surface area contributed by atoms with E-state index in [1.807, 2.05) is 84.9 Å². The maximum absolute atomic E-state index is 5.59. The molecule has 0 fully saturated rings. The molecule has 5 rings (SSSR count). The van der Waals surface area contributed by atoms with Crippen LogP contribution in [-0.4, -0.2) is 36.8 Å². The molecule has 1 aromatic heterocycles. The Hall–Kier alpha value is -4.58. The molecule has 0 aliphatic carbocycles. The number of hydrogen-bond donors (Lipinski definition) is 0. The quantitative estimate of drug-likeness (QED) is 0.227. The lowest BCUT2D eigenvalue weighted by atomic mass is 10.0. The molecule has 0 aliphatic heterocycles. The van der Waals surface area contributed by atoms with E-state index in [1.165, 1.54) is 0 Å². The molecule has 0 aliphatic rings.